The fraction of sp³-hybridized carbons (Fsp3) is 0.909. The SMILES string of the molecule is N#CC(Cl)CN1CC[C@@H]2CCCC[C@@H]21. The molecule has 78 valence electrons. The molecule has 0 amide bonds. The lowest BCUT2D eigenvalue weighted by atomic mass is 9.85. The maximum atomic E-state index is 8.68. The number of hydrogen-bond donors (Lipinski definition) is 0. The molecule has 0 aromatic heterocycles. The van der Waals surface area contributed by atoms with Gasteiger partial charge >= 0.3 is 0 Å². The third-order valence-corrected chi connectivity index (χ3v) is 3.90. The van der Waals surface area contributed by atoms with Gasteiger partial charge in [-0.1, -0.05) is 12.8 Å². The summed E-state index contributed by atoms with van der Waals surface area (Å²) < 4.78 is 0. The number of nitriles is 1. The first-order valence-electron chi connectivity index (χ1n) is 5.59. The van der Waals surface area contributed by atoms with Gasteiger partial charge in [0.15, 0.2) is 0 Å². The van der Waals surface area contributed by atoms with E-state index in [4.69, 9.17) is 16.9 Å². The highest BCUT2D eigenvalue weighted by Gasteiger charge is 2.35. The molecule has 2 rings (SSSR count). The van der Waals surface area contributed by atoms with Crippen molar-refractivity contribution in [2.75, 3.05) is 13.1 Å². The fourth-order valence-electron chi connectivity index (χ4n) is 2.98. The van der Waals surface area contributed by atoms with Gasteiger partial charge in [-0.25, -0.2) is 0 Å². The zero-order chi connectivity index (χ0) is 9.97. The summed E-state index contributed by atoms with van der Waals surface area (Å²) in [6, 6.07) is 2.85. The van der Waals surface area contributed by atoms with Crippen molar-refractivity contribution in [1.29, 1.82) is 5.26 Å². The van der Waals surface area contributed by atoms with Crippen molar-refractivity contribution >= 4 is 11.6 Å². The minimum absolute atomic E-state index is 0.323. The second-order valence-electron chi connectivity index (χ2n) is 4.49. The topological polar surface area (TPSA) is 27.0 Å². The van der Waals surface area contributed by atoms with Gasteiger partial charge in [-0.3, -0.25) is 4.90 Å². The van der Waals surface area contributed by atoms with Gasteiger partial charge in [-0.05, 0) is 31.7 Å². The van der Waals surface area contributed by atoms with E-state index in [-0.39, 0.29) is 5.38 Å². The summed E-state index contributed by atoms with van der Waals surface area (Å²) >= 11 is 5.87. The van der Waals surface area contributed by atoms with E-state index in [0.29, 0.717) is 0 Å². The minimum Gasteiger partial charge on any atom is -0.298 e. The van der Waals surface area contributed by atoms with Crippen LogP contribution in [0.2, 0.25) is 0 Å². The highest BCUT2D eigenvalue weighted by Crippen LogP contribution is 2.36. The highest BCUT2D eigenvalue weighted by atomic mass is 35.5. The Balaban J connectivity index is 1.91. The molecule has 0 radical (unpaired) electrons. The van der Waals surface area contributed by atoms with E-state index in [2.05, 4.69) is 11.0 Å². The molecular weight excluding hydrogens is 196 g/mol. The van der Waals surface area contributed by atoms with Crippen LogP contribution in [0.5, 0.6) is 0 Å². The van der Waals surface area contributed by atoms with Crippen LogP contribution in [-0.4, -0.2) is 29.4 Å². The zero-order valence-corrected chi connectivity index (χ0v) is 9.21. The number of halogens is 1. The third-order valence-electron chi connectivity index (χ3n) is 3.66. The fourth-order valence-corrected chi connectivity index (χ4v) is 3.15. The summed E-state index contributed by atoms with van der Waals surface area (Å²) in [6.07, 6.45) is 6.79. The Bertz CT molecular complexity index is 236. The van der Waals surface area contributed by atoms with Crippen molar-refractivity contribution in [3.8, 4) is 6.07 Å². The van der Waals surface area contributed by atoms with Gasteiger partial charge in [0.2, 0.25) is 0 Å². The Morgan fingerprint density at radius 3 is 2.93 bits per heavy atom. The van der Waals surface area contributed by atoms with Gasteiger partial charge in [-0.2, -0.15) is 5.26 Å². The van der Waals surface area contributed by atoms with Gasteiger partial charge in [-0.15, -0.1) is 11.6 Å². The normalized spacial score (nSPS) is 34.9. The largest absolute Gasteiger partial charge is 0.298 e. The van der Waals surface area contributed by atoms with E-state index in [1.807, 2.05) is 0 Å². The molecule has 3 heteroatoms. The maximum absolute atomic E-state index is 8.68. The van der Waals surface area contributed by atoms with Crippen molar-refractivity contribution in [1.82, 2.24) is 4.90 Å². The molecule has 1 unspecified atom stereocenters. The summed E-state index contributed by atoms with van der Waals surface area (Å²) in [5.41, 5.74) is 0. The molecule has 1 saturated carbocycles. The van der Waals surface area contributed by atoms with Crippen molar-refractivity contribution in [2.45, 2.75) is 43.5 Å². The number of alkyl halides is 1. The van der Waals surface area contributed by atoms with Gasteiger partial charge < -0.3 is 0 Å². The standard InChI is InChI=1S/C11H17ClN2/c12-10(7-13)8-14-6-5-9-3-1-2-4-11(9)14/h9-11H,1-6,8H2/t9-,10?,11-/m0/s1. The molecular formula is C11H17ClN2. The molecule has 0 aromatic rings. The lowest BCUT2D eigenvalue weighted by Crippen LogP contribution is -2.37. The average Bonchev–Trinajstić information content (AvgIpc) is 2.62. The van der Waals surface area contributed by atoms with Gasteiger partial charge in [0.25, 0.3) is 0 Å². The molecule has 2 fully saturated rings. The lowest BCUT2D eigenvalue weighted by molar-refractivity contribution is 0.186. The van der Waals surface area contributed by atoms with E-state index in [1.165, 1.54) is 32.1 Å². The Morgan fingerprint density at radius 1 is 1.36 bits per heavy atom. The second-order valence-corrected chi connectivity index (χ2v) is 5.02. The molecule has 0 aromatic carbocycles. The van der Waals surface area contributed by atoms with Gasteiger partial charge in [0.1, 0.15) is 5.38 Å². The number of likely N-dealkylation sites (tertiary alicyclic amines) is 1. The number of hydrogen-bond acceptors (Lipinski definition) is 2. The van der Waals surface area contributed by atoms with Crippen LogP contribution >= 0.6 is 11.6 Å². The lowest BCUT2D eigenvalue weighted by Gasteiger charge is -2.31. The van der Waals surface area contributed by atoms with Crippen LogP contribution in [0.4, 0.5) is 0 Å². The van der Waals surface area contributed by atoms with Crippen LogP contribution in [0.3, 0.4) is 0 Å². The Kier molecular flexibility index (Phi) is 3.30. The summed E-state index contributed by atoms with van der Waals surface area (Å²) in [4.78, 5) is 2.44. The maximum Gasteiger partial charge on any atom is 0.133 e. The first-order chi connectivity index (χ1) is 6.81. The summed E-state index contributed by atoms with van der Waals surface area (Å²) in [5, 5.41) is 8.36. The van der Waals surface area contributed by atoms with E-state index in [0.717, 1.165) is 25.0 Å². The third kappa shape index (κ3) is 2.04. The number of nitrogens with zero attached hydrogens (tertiary/aromatic N) is 2. The molecule has 2 nitrogen and oxygen atoms in total. The van der Waals surface area contributed by atoms with Crippen LogP contribution in [0.25, 0.3) is 0 Å². The molecule has 14 heavy (non-hydrogen) atoms. The molecule has 0 N–H and O–H groups in total. The molecule has 1 saturated heterocycles. The van der Waals surface area contributed by atoms with Crippen molar-refractivity contribution in [3.63, 3.8) is 0 Å². The summed E-state index contributed by atoms with van der Waals surface area (Å²) in [7, 11) is 0. The van der Waals surface area contributed by atoms with Crippen molar-refractivity contribution in [3.05, 3.63) is 0 Å². The molecule has 1 aliphatic heterocycles. The molecule has 1 aliphatic carbocycles. The smallest absolute Gasteiger partial charge is 0.133 e. The molecule has 2 aliphatic rings. The number of rotatable bonds is 2. The average molecular weight is 213 g/mol. The van der Waals surface area contributed by atoms with E-state index >= 15 is 0 Å². The van der Waals surface area contributed by atoms with Crippen LogP contribution in [0.1, 0.15) is 32.1 Å². The first-order valence-corrected chi connectivity index (χ1v) is 6.02. The molecule has 3 atom stereocenters. The van der Waals surface area contributed by atoms with Crippen LogP contribution < -0.4 is 0 Å². The van der Waals surface area contributed by atoms with Crippen molar-refractivity contribution in [2.24, 2.45) is 5.92 Å². The van der Waals surface area contributed by atoms with Crippen LogP contribution in [0.15, 0.2) is 0 Å². The molecule has 1 heterocycles. The number of fused-ring (bicyclic) bond motifs is 1. The summed E-state index contributed by atoms with van der Waals surface area (Å²) in [6.45, 7) is 1.92. The van der Waals surface area contributed by atoms with E-state index < -0.39 is 0 Å². The Labute approximate surface area is 90.8 Å². The summed E-state index contributed by atoms with van der Waals surface area (Å²) in [5.74, 6) is 0.895. The molecule has 0 spiro atoms. The van der Waals surface area contributed by atoms with E-state index in [9.17, 15) is 0 Å². The van der Waals surface area contributed by atoms with E-state index in [1.54, 1.807) is 0 Å². The van der Waals surface area contributed by atoms with Crippen LogP contribution in [-0.2, 0) is 0 Å². The predicted molar refractivity (Wildman–Crippen MR) is 57.2 cm³/mol. The Hall–Kier alpha value is -0.260. The predicted octanol–water partition coefficient (Wildman–Crippen LogP) is 2.38. The van der Waals surface area contributed by atoms with Crippen LogP contribution in [0, 0.1) is 17.2 Å². The van der Waals surface area contributed by atoms with Gasteiger partial charge in [0.05, 0.1) is 6.07 Å². The first kappa shape index (κ1) is 10.3. The highest BCUT2D eigenvalue weighted by molar-refractivity contribution is 6.22. The Morgan fingerprint density at radius 2 is 2.14 bits per heavy atom. The zero-order valence-electron chi connectivity index (χ0n) is 8.45. The van der Waals surface area contributed by atoms with Gasteiger partial charge in [0, 0.05) is 12.6 Å². The quantitative estimate of drug-likeness (QED) is 0.658. The minimum atomic E-state index is -0.323. The second kappa shape index (κ2) is 4.51. The molecule has 0 bridgehead atoms. The monoisotopic (exact) mass is 212 g/mol. The van der Waals surface area contributed by atoms with Crippen molar-refractivity contribution < 1.29 is 0 Å².